The Morgan fingerprint density at radius 3 is 2.65 bits per heavy atom. The molecule has 0 aromatic heterocycles. The van der Waals surface area contributed by atoms with Crippen molar-refractivity contribution in [2.75, 3.05) is 11.9 Å². The molecule has 1 atom stereocenters. The molecule has 23 heavy (non-hydrogen) atoms. The second-order valence-corrected chi connectivity index (χ2v) is 6.30. The van der Waals surface area contributed by atoms with Crippen LogP contribution in [0.15, 0.2) is 42.5 Å². The van der Waals surface area contributed by atoms with Crippen LogP contribution in [0.4, 0.5) is 5.69 Å². The molecule has 0 spiro atoms. The molecule has 122 valence electrons. The van der Waals surface area contributed by atoms with Crippen molar-refractivity contribution < 1.29 is 10.1 Å². The van der Waals surface area contributed by atoms with Crippen LogP contribution in [0.5, 0.6) is 0 Å². The fraction of sp³-hybridized carbons (Fsp3) is 0.278. The normalized spacial score (nSPS) is 12.0. The highest BCUT2D eigenvalue weighted by molar-refractivity contribution is 6.35. The molecule has 3 N–H and O–H groups in total. The van der Waals surface area contributed by atoms with Crippen LogP contribution in [0.1, 0.15) is 31.0 Å². The first-order valence-corrected chi connectivity index (χ1v) is 8.43. The third-order valence-electron chi connectivity index (χ3n) is 3.78. The van der Waals surface area contributed by atoms with Gasteiger partial charge < -0.3 is 10.6 Å². The summed E-state index contributed by atoms with van der Waals surface area (Å²) >= 11 is 12.1. The minimum atomic E-state index is -0.0252. The minimum absolute atomic E-state index is 0.0252. The van der Waals surface area contributed by atoms with Crippen molar-refractivity contribution in [2.24, 2.45) is 0 Å². The number of carbonyl (C=O) groups excluding carboxylic acids is 1. The topological polar surface area (TPSA) is 45.7 Å². The van der Waals surface area contributed by atoms with Crippen LogP contribution in [0.3, 0.4) is 0 Å². The smallest absolute Gasteiger partial charge is 0.279 e. The van der Waals surface area contributed by atoms with Gasteiger partial charge in [-0.15, -0.1) is 0 Å². The first-order valence-electron chi connectivity index (χ1n) is 7.67. The zero-order valence-corrected chi connectivity index (χ0v) is 14.8. The highest BCUT2D eigenvalue weighted by atomic mass is 35.5. The Labute approximate surface area is 147 Å². The number of carbonyl (C=O) groups is 1. The summed E-state index contributed by atoms with van der Waals surface area (Å²) in [7, 11) is 0. The van der Waals surface area contributed by atoms with Crippen molar-refractivity contribution in [3.63, 3.8) is 0 Å². The molecule has 3 nitrogen and oxygen atoms in total. The molecule has 0 saturated carbocycles. The molecule has 0 aliphatic heterocycles. The number of para-hydroxylation sites is 1. The Morgan fingerprint density at radius 2 is 1.96 bits per heavy atom. The molecule has 0 unspecified atom stereocenters. The fourth-order valence-electron chi connectivity index (χ4n) is 2.43. The Bertz CT molecular complexity index is 688. The van der Waals surface area contributed by atoms with E-state index in [1.54, 1.807) is 6.07 Å². The van der Waals surface area contributed by atoms with E-state index >= 15 is 0 Å². The maximum atomic E-state index is 12.2. The number of nitrogens with two attached hydrogens (primary N) is 1. The number of anilines is 1. The summed E-state index contributed by atoms with van der Waals surface area (Å²) in [5.41, 5.74) is 2.98. The lowest BCUT2D eigenvalue weighted by molar-refractivity contribution is -0.682. The van der Waals surface area contributed by atoms with Crippen LogP contribution in [-0.4, -0.2) is 12.5 Å². The summed E-state index contributed by atoms with van der Waals surface area (Å²) in [5.74, 6) is -0.0252. The maximum Gasteiger partial charge on any atom is 0.279 e. The molecule has 0 heterocycles. The van der Waals surface area contributed by atoms with E-state index in [2.05, 4.69) is 12.2 Å². The number of halogens is 2. The molecule has 0 bridgehead atoms. The molecule has 0 aliphatic rings. The van der Waals surface area contributed by atoms with Crippen LogP contribution in [0.25, 0.3) is 0 Å². The van der Waals surface area contributed by atoms with Crippen molar-refractivity contribution in [3.8, 4) is 0 Å². The van der Waals surface area contributed by atoms with Gasteiger partial charge in [0.05, 0.1) is 5.02 Å². The van der Waals surface area contributed by atoms with Gasteiger partial charge in [0.15, 0.2) is 6.54 Å². The number of rotatable bonds is 6. The lowest BCUT2D eigenvalue weighted by atomic mass is 10.1. The third kappa shape index (κ3) is 4.96. The highest BCUT2D eigenvalue weighted by Crippen LogP contribution is 2.24. The lowest BCUT2D eigenvalue weighted by Crippen LogP contribution is -2.86. The van der Waals surface area contributed by atoms with Crippen LogP contribution in [0, 0.1) is 0 Å². The second-order valence-electron chi connectivity index (χ2n) is 5.45. The Hall–Kier alpha value is -1.55. The van der Waals surface area contributed by atoms with Crippen molar-refractivity contribution >= 4 is 34.8 Å². The summed E-state index contributed by atoms with van der Waals surface area (Å²) in [4.78, 5) is 12.2. The average molecular weight is 352 g/mol. The quantitative estimate of drug-likeness (QED) is 0.816. The van der Waals surface area contributed by atoms with Gasteiger partial charge in [-0.1, -0.05) is 54.4 Å². The third-order valence-corrected chi connectivity index (χ3v) is 4.34. The van der Waals surface area contributed by atoms with Crippen LogP contribution in [0.2, 0.25) is 10.0 Å². The Morgan fingerprint density at radius 1 is 1.22 bits per heavy atom. The number of quaternary nitrogens is 1. The summed E-state index contributed by atoms with van der Waals surface area (Å²) in [5, 5.41) is 6.16. The summed E-state index contributed by atoms with van der Waals surface area (Å²) in [6, 6.07) is 13.4. The molecule has 2 aromatic rings. The van der Waals surface area contributed by atoms with Gasteiger partial charge in [0, 0.05) is 16.3 Å². The van der Waals surface area contributed by atoms with E-state index in [4.69, 9.17) is 23.2 Å². The van der Waals surface area contributed by atoms with Crippen molar-refractivity contribution in [3.05, 3.63) is 63.6 Å². The molecule has 0 fully saturated rings. The van der Waals surface area contributed by atoms with E-state index in [0.717, 1.165) is 23.2 Å². The van der Waals surface area contributed by atoms with Crippen molar-refractivity contribution in [1.29, 1.82) is 0 Å². The van der Waals surface area contributed by atoms with E-state index in [1.807, 2.05) is 48.6 Å². The standard InChI is InChI=1S/C18H20Cl2N2O/c1-3-13-6-4-5-7-17(13)22-18(23)11-21-12(2)15-9-8-14(19)10-16(15)20/h4-10,12,21H,3,11H2,1-2H3,(H,22,23)/p+1/t12-/m0/s1. The van der Waals surface area contributed by atoms with E-state index in [0.29, 0.717) is 16.6 Å². The zero-order valence-electron chi connectivity index (χ0n) is 13.3. The molecular formula is C18H21Cl2N2O+. The van der Waals surface area contributed by atoms with E-state index in [-0.39, 0.29) is 11.9 Å². The number of amides is 1. The first-order chi connectivity index (χ1) is 11.0. The van der Waals surface area contributed by atoms with Gasteiger partial charge in [-0.25, -0.2) is 0 Å². The fourth-order valence-corrected chi connectivity index (χ4v) is 3.01. The maximum absolute atomic E-state index is 12.2. The number of hydrogen-bond acceptors (Lipinski definition) is 1. The predicted molar refractivity (Wildman–Crippen MR) is 96.1 cm³/mol. The summed E-state index contributed by atoms with van der Waals surface area (Å²) in [6.45, 7) is 4.42. The monoisotopic (exact) mass is 351 g/mol. The van der Waals surface area contributed by atoms with E-state index in [1.165, 1.54) is 0 Å². The predicted octanol–water partition coefficient (Wildman–Crippen LogP) is 3.82. The van der Waals surface area contributed by atoms with Crippen LogP contribution < -0.4 is 10.6 Å². The molecule has 2 rings (SSSR count). The van der Waals surface area contributed by atoms with Gasteiger partial charge in [-0.3, -0.25) is 4.79 Å². The first kappa shape index (κ1) is 17.8. The Kier molecular flexibility index (Phi) is 6.46. The largest absolute Gasteiger partial charge is 0.332 e. The molecule has 1 amide bonds. The van der Waals surface area contributed by atoms with Crippen LogP contribution in [-0.2, 0) is 11.2 Å². The van der Waals surface area contributed by atoms with Crippen LogP contribution >= 0.6 is 23.2 Å². The average Bonchev–Trinajstić information content (AvgIpc) is 2.53. The number of aryl methyl sites for hydroxylation is 1. The van der Waals surface area contributed by atoms with Crippen molar-refractivity contribution in [2.45, 2.75) is 26.3 Å². The lowest BCUT2D eigenvalue weighted by Gasteiger charge is -2.14. The van der Waals surface area contributed by atoms with Gasteiger partial charge in [-0.05, 0) is 37.1 Å². The van der Waals surface area contributed by atoms with E-state index < -0.39 is 0 Å². The minimum Gasteiger partial charge on any atom is -0.332 e. The summed E-state index contributed by atoms with van der Waals surface area (Å²) in [6.07, 6.45) is 0.886. The molecule has 0 saturated heterocycles. The number of nitrogens with one attached hydrogen (secondary N) is 1. The molecular weight excluding hydrogens is 331 g/mol. The van der Waals surface area contributed by atoms with Gasteiger partial charge in [-0.2, -0.15) is 0 Å². The van der Waals surface area contributed by atoms with Gasteiger partial charge in [0.25, 0.3) is 5.91 Å². The number of benzene rings is 2. The van der Waals surface area contributed by atoms with E-state index in [9.17, 15) is 4.79 Å². The second kappa shape index (κ2) is 8.34. The molecule has 0 aliphatic carbocycles. The zero-order chi connectivity index (χ0) is 16.8. The molecule has 5 heteroatoms. The molecule has 0 radical (unpaired) electrons. The Balaban J connectivity index is 1.93. The van der Waals surface area contributed by atoms with Gasteiger partial charge in [0.2, 0.25) is 0 Å². The van der Waals surface area contributed by atoms with Gasteiger partial charge in [0.1, 0.15) is 6.04 Å². The highest BCUT2D eigenvalue weighted by Gasteiger charge is 2.15. The SMILES string of the molecule is CCc1ccccc1NC(=O)C[NH2+][C@@H](C)c1ccc(Cl)cc1Cl. The summed E-state index contributed by atoms with van der Waals surface area (Å²) < 4.78 is 0. The molecule has 2 aromatic carbocycles. The van der Waals surface area contributed by atoms with Crippen molar-refractivity contribution in [1.82, 2.24) is 0 Å². The van der Waals surface area contributed by atoms with Gasteiger partial charge >= 0.3 is 0 Å². The number of hydrogen-bond donors (Lipinski definition) is 2.